The third-order valence-electron chi connectivity index (χ3n) is 7.12. The van der Waals surface area contributed by atoms with Crippen LogP contribution >= 0.6 is 0 Å². The van der Waals surface area contributed by atoms with Gasteiger partial charge >= 0.3 is 0 Å². The van der Waals surface area contributed by atoms with E-state index in [1.807, 2.05) is 0 Å². The van der Waals surface area contributed by atoms with Gasteiger partial charge in [0.25, 0.3) is 0 Å². The molecular formula is C30H61NO3. The average Bonchev–Trinajstić information content (AvgIpc) is 2.84. The molecule has 3 N–H and O–H groups in total. The van der Waals surface area contributed by atoms with Gasteiger partial charge in [0.2, 0.25) is 5.91 Å². The van der Waals surface area contributed by atoms with Crippen LogP contribution in [-0.2, 0) is 4.79 Å². The van der Waals surface area contributed by atoms with Crippen molar-refractivity contribution in [2.24, 2.45) is 0 Å². The third kappa shape index (κ3) is 23.1. The second kappa shape index (κ2) is 27.0. The topological polar surface area (TPSA) is 69.6 Å². The molecule has 0 aliphatic heterocycles. The smallest absolute Gasteiger partial charge is 0.220 e. The molecule has 2 atom stereocenters. The Kier molecular flexibility index (Phi) is 26.5. The summed E-state index contributed by atoms with van der Waals surface area (Å²) in [6, 6.07) is -0.523. The zero-order valence-electron chi connectivity index (χ0n) is 23.1. The van der Waals surface area contributed by atoms with Crippen molar-refractivity contribution in [1.82, 2.24) is 5.32 Å². The first-order valence-corrected chi connectivity index (χ1v) is 15.2. The fraction of sp³-hybridized carbons (Fsp3) is 0.967. The van der Waals surface area contributed by atoms with Gasteiger partial charge in [-0.25, -0.2) is 0 Å². The zero-order chi connectivity index (χ0) is 25.1. The van der Waals surface area contributed by atoms with E-state index in [2.05, 4.69) is 19.2 Å². The molecule has 0 aliphatic carbocycles. The molecule has 0 spiro atoms. The van der Waals surface area contributed by atoms with Gasteiger partial charge in [-0.15, -0.1) is 0 Å². The quantitative estimate of drug-likeness (QED) is 0.103. The van der Waals surface area contributed by atoms with Crippen LogP contribution in [0.3, 0.4) is 0 Å². The predicted octanol–water partition coefficient (Wildman–Crippen LogP) is 8.23. The molecule has 4 nitrogen and oxygen atoms in total. The lowest BCUT2D eigenvalue weighted by molar-refractivity contribution is -0.123. The van der Waals surface area contributed by atoms with Gasteiger partial charge in [-0.3, -0.25) is 4.79 Å². The van der Waals surface area contributed by atoms with Gasteiger partial charge in [0.1, 0.15) is 0 Å². The van der Waals surface area contributed by atoms with Gasteiger partial charge in [-0.1, -0.05) is 149 Å². The van der Waals surface area contributed by atoms with Gasteiger partial charge in [0.05, 0.1) is 18.8 Å². The van der Waals surface area contributed by atoms with Gasteiger partial charge in [0.15, 0.2) is 0 Å². The Balaban J connectivity index is 3.41. The van der Waals surface area contributed by atoms with Crippen LogP contribution < -0.4 is 5.32 Å². The Hall–Kier alpha value is -0.610. The summed E-state index contributed by atoms with van der Waals surface area (Å²) >= 11 is 0. The van der Waals surface area contributed by atoms with Crippen molar-refractivity contribution in [3.8, 4) is 0 Å². The van der Waals surface area contributed by atoms with Crippen LogP contribution in [0.25, 0.3) is 0 Å². The normalized spacial score (nSPS) is 13.2. The van der Waals surface area contributed by atoms with Crippen LogP contribution in [0.2, 0.25) is 0 Å². The summed E-state index contributed by atoms with van der Waals surface area (Å²) in [6.45, 7) is 4.25. The molecule has 0 aromatic heterocycles. The number of nitrogens with one attached hydrogen (secondary N) is 1. The van der Waals surface area contributed by atoms with Crippen molar-refractivity contribution in [1.29, 1.82) is 0 Å². The van der Waals surface area contributed by atoms with Crippen LogP contribution in [0.1, 0.15) is 168 Å². The molecule has 0 bridgehead atoms. The zero-order valence-corrected chi connectivity index (χ0v) is 23.1. The minimum absolute atomic E-state index is 0.0387. The van der Waals surface area contributed by atoms with E-state index in [1.54, 1.807) is 0 Å². The molecule has 2 unspecified atom stereocenters. The molecule has 4 heteroatoms. The van der Waals surface area contributed by atoms with Gasteiger partial charge in [0, 0.05) is 6.42 Å². The molecule has 0 fully saturated rings. The Morgan fingerprint density at radius 1 is 0.588 bits per heavy atom. The molecule has 0 saturated heterocycles. The van der Waals surface area contributed by atoms with Crippen molar-refractivity contribution < 1.29 is 15.0 Å². The number of carbonyl (C=O) groups excluding carboxylic acids is 1. The predicted molar refractivity (Wildman–Crippen MR) is 147 cm³/mol. The first-order valence-electron chi connectivity index (χ1n) is 15.2. The molecule has 0 heterocycles. The maximum atomic E-state index is 12.1. The van der Waals surface area contributed by atoms with E-state index in [0.717, 1.165) is 32.1 Å². The van der Waals surface area contributed by atoms with Crippen molar-refractivity contribution in [3.05, 3.63) is 0 Å². The highest BCUT2D eigenvalue weighted by molar-refractivity contribution is 5.76. The molecule has 0 rings (SSSR count). The monoisotopic (exact) mass is 483 g/mol. The third-order valence-corrected chi connectivity index (χ3v) is 7.12. The van der Waals surface area contributed by atoms with Crippen molar-refractivity contribution in [2.75, 3.05) is 6.61 Å². The number of hydrogen-bond donors (Lipinski definition) is 3. The molecular weight excluding hydrogens is 422 g/mol. The van der Waals surface area contributed by atoms with Crippen molar-refractivity contribution in [2.45, 2.75) is 180 Å². The standard InChI is InChI=1S/C30H61NO3/c1-3-5-7-9-10-11-12-13-14-15-16-17-18-19-20-21-22-24-26-30(34)31-28(27-32)29(33)25-23-8-6-4-2/h28-29,32-33H,3-27H2,1-2H3,(H,31,34). The first kappa shape index (κ1) is 33.4. The largest absolute Gasteiger partial charge is 0.394 e. The first-order chi connectivity index (χ1) is 16.7. The summed E-state index contributed by atoms with van der Waals surface area (Å²) in [4.78, 5) is 12.1. The van der Waals surface area contributed by atoms with Crippen LogP contribution in [0, 0.1) is 0 Å². The highest BCUT2D eigenvalue weighted by atomic mass is 16.3. The fourth-order valence-corrected chi connectivity index (χ4v) is 4.71. The highest BCUT2D eigenvalue weighted by Crippen LogP contribution is 2.15. The van der Waals surface area contributed by atoms with E-state index >= 15 is 0 Å². The summed E-state index contributed by atoms with van der Waals surface area (Å²) in [5, 5.41) is 22.5. The van der Waals surface area contributed by atoms with E-state index in [0.29, 0.717) is 12.8 Å². The summed E-state index contributed by atoms with van der Waals surface area (Å²) in [6.07, 6.45) is 29.0. The molecule has 1 amide bonds. The molecule has 0 radical (unpaired) electrons. The van der Waals surface area contributed by atoms with E-state index in [4.69, 9.17) is 0 Å². The second-order valence-electron chi connectivity index (χ2n) is 10.5. The van der Waals surface area contributed by atoms with Gasteiger partial charge < -0.3 is 15.5 Å². The Morgan fingerprint density at radius 3 is 1.32 bits per heavy atom. The van der Waals surface area contributed by atoms with E-state index in [-0.39, 0.29) is 12.5 Å². The number of aliphatic hydroxyl groups is 2. The van der Waals surface area contributed by atoms with Crippen LogP contribution in [0.5, 0.6) is 0 Å². The molecule has 0 aliphatic rings. The summed E-state index contributed by atoms with van der Waals surface area (Å²) < 4.78 is 0. The van der Waals surface area contributed by atoms with E-state index in [1.165, 1.54) is 109 Å². The molecule has 34 heavy (non-hydrogen) atoms. The van der Waals surface area contributed by atoms with Crippen LogP contribution in [0.4, 0.5) is 0 Å². The molecule has 0 aromatic rings. The number of aliphatic hydroxyl groups excluding tert-OH is 2. The van der Waals surface area contributed by atoms with Crippen LogP contribution in [0.15, 0.2) is 0 Å². The molecule has 204 valence electrons. The molecule has 0 saturated carbocycles. The fourth-order valence-electron chi connectivity index (χ4n) is 4.71. The summed E-state index contributed by atoms with van der Waals surface area (Å²) in [5.41, 5.74) is 0. The number of amides is 1. The van der Waals surface area contributed by atoms with Gasteiger partial charge in [-0.05, 0) is 12.8 Å². The summed E-state index contributed by atoms with van der Waals surface area (Å²) in [5.74, 6) is -0.0387. The van der Waals surface area contributed by atoms with E-state index < -0.39 is 12.1 Å². The number of unbranched alkanes of at least 4 members (excludes halogenated alkanes) is 20. The average molecular weight is 484 g/mol. The Bertz CT molecular complexity index is 416. The lowest BCUT2D eigenvalue weighted by Crippen LogP contribution is -2.45. The second-order valence-corrected chi connectivity index (χ2v) is 10.5. The summed E-state index contributed by atoms with van der Waals surface area (Å²) in [7, 11) is 0. The Morgan fingerprint density at radius 2 is 0.941 bits per heavy atom. The minimum Gasteiger partial charge on any atom is -0.394 e. The lowest BCUT2D eigenvalue weighted by atomic mass is 10.0. The number of carbonyl (C=O) groups is 1. The number of rotatable bonds is 27. The lowest BCUT2D eigenvalue weighted by Gasteiger charge is -2.22. The van der Waals surface area contributed by atoms with Gasteiger partial charge in [-0.2, -0.15) is 0 Å². The highest BCUT2D eigenvalue weighted by Gasteiger charge is 2.19. The maximum absolute atomic E-state index is 12.1. The van der Waals surface area contributed by atoms with Crippen molar-refractivity contribution in [3.63, 3.8) is 0 Å². The minimum atomic E-state index is -0.647. The molecule has 0 aromatic carbocycles. The maximum Gasteiger partial charge on any atom is 0.220 e. The van der Waals surface area contributed by atoms with Crippen molar-refractivity contribution >= 4 is 5.91 Å². The van der Waals surface area contributed by atoms with E-state index in [9.17, 15) is 15.0 Å². The SMILES string of the molecule is CCCCCCCCCCCCCCCCCCCCC(=O)NC(CO)C(O)CCCCCC. The number of hydrogen-bond acceptors (Lipinski definition) is 3. The Labute approximate surface area is 213 Å². The van der Waals surface area contributed by atoms with Crippen LogP contribution in [-0.4, -0.2) is 34.9 Å².